The van der Waals surface area contributed by atoms with Crippen molar-refractivity contribution >= 4 is 0 Å². The average molecular weight is 244 g/mol. The lowest BCUT2D eigenvalue weighted by Crippen LogP contribution is -2.24. The quantitative estimate of drug-likeness (QED) is 0.854. The van der Waals surface area contributed by atoms with E-state index in [1.54, 1.807) is 19.1 Å². The molecule has 2 aromatic carbocycles. The highest BCUT2D eigenvalue weighted by molar-refractivity contribution is 5.41. The molecule has 0 saturated heterocycles. The fourth-order valence-electron chi connectivity index (χ4n) is 2.19. The normalized spacial score (nSPS) is 14.3. The van der Waals surface area contributed by atoms with Gasteiger partial charge >= 0.3 is 0 Å². The first-order valence-electron chi connectivity index (χ1n) is 5.97. The highest BCUT2D eigenvalue weighted by Gasteiger charge is 2.27. The lowest BCUT2D eigenvalue weighted by atomic mass is 9.85. The summed E-state index contributed by atoms with van der Waals surface area (Å²) in [7, 11) is 0. The molecule has 1 N–H and O–H groups in total. The molecular formula is C16H17FO. The summed E-state index contributed by atoms with van der Waals surface area (Å²) >= 11 is 0. The lowest BCUT2D eigenvalue weighted by Gasteiger charge is -2.26. The SMILES string of the molecule is Cc1ccc(C)c(C(C)(O)c2ccc(F)cc2)c1. The molecular weight excluding hydrogens is 227 g/mol. The molecule has 0 radical (unpaired) electrons. The van der Waals surface area contributed by atoms with Crippen molar-refractivity contribution in [3.05, 3.63) is 70.5 Å². The molecule has 0 saturated carbocycles. The Bertz CT molecular complexity index is 556. The summed E-state index contributed by atoms with van der Waals surface area (Å²) in [6, 6.07) is 12.0. The molecule has 2 heteroatoms. The van der Waals surface area contributed by atoms with E-state index in [2.05, 4.69) is 0 Å². The van der Waals surface area contributed by atoms with Crippen molar-refractivity contribution in [3.63, 3.8) is 0 Å². The maximum Gasteiger partial charge on any atom is 0.123 e. The zero-order valence-corrected chi connectivity index (χ0v) is 10.9. The summed E-state index contributed by atoms with van der Waals surface area (Å²) < 4.78 is 12.9. The van der Waals surface area contributed by atoms with E-state index in [9.17, 15) is 9.50 Å². The third kappa shape index (κ3) is 2.29. The fraction of sp³-hybridized carbons (Fsp3) is 0.250. The number of rotatable bonds is 2. The Kier molecular flexibility index (Phi) is 3.22. The second-order valence-corrected chi connectivity index (χ2v) is 4.90. The second kappa shape index (κ2) is 4.54. The maximum atomic E-state index is 12.9. The Morgan fingerprint density at radius 1 is 1.00 bits per heavy atom. The summed E-state index contributed by atoms with van der Waals surface area (Å²) in [6.07, 6.45) is 0. The first-order chi connectivity index (χ1) is 8.41. The first-order valence-corrected chi connectivity index (χ1v) is 5.97. The number of aryl methyl sites for hydroxylation is 2. The van der Waals surface area contributed by atoms with E-state index in [0.29, 0.717) is 5.56 Å². The molecule has 94 valence electrons. The Balaban J connectivity index is 2.53. The van der Waals surface area contributed by atoms with Crippen molar-refractivity contribution in [1.82, 2.24) is 0 Å². The average Bonchev–Trinajstić information content (AvgIpc) is 2.32. The van der Waals surface area contributed by atoms with Crippen LogP contribution in [0.2, 0.25) is 0 Å². The molecule has 2 rings (SSSR count). The molecule has 0 aliphatic rings. The van der Waals surface area contributed by atoms with Crippen LogP contribution in [0.1, 0.15) is 29.2 Å². The minimum absolute atomic E-state index is 0.296. The van der Waals surface area contributed by atoms with E-state index >= 15 is 0 Å². The number of halogens is 1. The Hall–Kier alpha value is -1.67. The molecule has 18 heavy (non-hydrogen) atoms. The fourth-order valence-corrected chi connectivity index (χ4v) is 2.19. The molecule has 0 heterocycles. The predicted octanol–water partition coefficient (Wildman–Crippen LogP) is 3.70. The van der Waals surface area contributed by atoms with Crippen molar-refractivity contribution < 1.29 is 9.50 Å². The van der Waals surface area contributed by atoms with Gasteiger partial charge in [-0.1, -0.05) is 35.9 Å². The zero-order valence-electron chi connectivity index (χ0n) is 10.9. The van der Waals surface area contributed by atoms with Crippen molar-refractivity contribution in [2.24, 2.45) is 0 Å². The lowest BCUT2D eigenvalue weighted by molar-refractivity contribution is 0.101. The van der Waals surface area contributed by atoms with Crippen LogP contribution in [-0.2, 0) is 5.60 Å². The van der Waals surface area contributed by atoms with E-state index < -0.39 is 5.60 Å². The molecule has 0 aliphatic carbocycles. The Morgan fingerprint density at radius 2 is 1.61 bits per heavy atom. The van der Waals surface area contributed by atoms with Crippen LogP contribution in [0.5, 0.6) is 0 Å². The summed E-state index contributed by atoms with van der Waals surface area (Å²) in [5.74, 6) is -0.296. The van der Waals surface area contributed by atoms with Crippen LogP contribution in [0, 0.1) is 19.7 Å². The van der Waals surface area contributed by atoms with Crippen molar-refractivity contribution in [3.8, 4) is 0 Å². The van der Waals surface area contributed by atoms with Crippen LogP contribution in [-0.4, -0.2) is 5.11 Å². The number of benzene rings is 2. The molecule has 0 spiro atoms. The predicted molar refractivity (Wildman–Crippen MR) is 71.0 cm³/mol. The van der Waals surface area contributed by atoms with E-state index in [-0.39, 0.29) is 5.82 Å². The van der Waals surface area contributed by atoms with Crippen LogP contribution in [0.15, 0.2) is 42.5 Å². The van der Waals surface area contributed by atoms with Crippen molar-refractivity contribution in [2.75, 3.05) is 0 Å². The van der Waals surface area contributed by atoms with Crippen LogP contribution < -0.4 is 0 Å². The minimum Gasteiger partial charge on any atom is -0.381 e. The third-order valence-corrected chi connectivity index (χ3v) is 3.32. The van der Waals surface area contributed by atoms with Gasteiger partial charge in [0.25, 0.3) is 0 Å². The van der Waals surface area contributed by atoms with Gasteiger partial charge in [-0.25, -0.2) is 4.39 Å². The molecule has 0 fully saturated rings. The number of aliphatic hydroxyl groups is 1. The smallest absolute Gasteiger partial charge is 0.123 e. The molecule has 2 aromatic rings. The number of hydrogen-bond donors (Lipinski definition) is 1. The highest BCUT2D eigenvalue weighted by atomic mass is 19.1. The molecule has 1 nitrogen and oxygen atoms in total. The monoisotopic (exact) mass is 244 g/mol. The van der Waals surface area contributed by atoms with Gasteiger partial charge in [-0.2, -0.15) is 0 Å². The number of hydrogen-bond acceptors (Lipinski definition) is 1. The summed E-state index contributed by atoms with van der Waals surface area (Å²) in [4.78, 5) is 0. The van der Waals surface area contributed by atoms with Crippen LogP contribution in [0.25, 0.3) is 0 Å². The molecule has 1 unspecified atom stereocenters. The van der Waals surface area contributed by atoms with Crippen LogP contribution in [0.4, 0.5) is 4.39 Å². The molecule has 1 atom stereocenters. The van der Waals surface area contributed by atoms with Gasteiger partial charge in [0.05, 0.1) is 0 Å². The van der Waals surface area contributed by atoms with E-state index in [1.807, 2.05) is 32.0 Å². The minimum atomic E-state index is -1.11. The van der Waals surface area contributed by atoms with E-state index in [1.165, 1.54) is 12.1 Å². The van der Waals surface area contributed by atoms with Gasteiger partial charge < -0.3 is 5.11 Å². The van der Waals surface area contributed by atoms with Gasteiger partial charge in [0.1, 0.15) is 11.4 Å². The Morgan fingerprint density at radius 3 is 2.22 bits per heavy atom. The van der Waals surface area contributed by atoms with Crippen LogP contribution in [0.3, 0.4) is 0 Å². The van der Waals surface area contributed by atoms with E-state index in [0.717, 1.165) is 16.7 Å². The first kappa shape index (κ1) is 12.8. The van der Waals surface area contributed by atoms with Crippen molar-refractivity contribution in [2.45, 2.75) is 26.4 Å². The van der Waals surface area contributed by atoms with Crippen molar-refractivity contribution in [1.29, 1.82) is 0 Å². The highest BCUT2D eigenvalue weighted by Crippen LogP contribution is 2.31. The summed E-state index contributed by atoms with van der Waals surface area (Å²) in [5, 5.41) is 10.7. The summed E-state index contributed by atoms with van der Waals surface area (Å²) in [6.45, 7) is 5.69. The standard InChI is InChI=1S/C16H17FO/c1-11-4-5-12(2)15(10-11)16(3,18)13-6-8-14(17)9-7-13/h4-10,18H,1-3H3. The molecule has 0 amide bonds. The third-order valence-electron chi connectivity index (χ3n) is 3.32. The van der Waals surface area contributed by atoms with Gasteiger partial charge in [0, 0.05) is 0 Å². The second-order valence-electron chi connectivity index (χ2n) is 4.90. The van der Waals surface area contributed by atoms with Gasteiger partial charge in [-0.3, -0.25) is 0 Å². The molecule has 0 aliphatic heterocycles. The largest absolute Gasteiger partial charge is 0.381 e. The van der Waals surface area contributed by atoms with Gasteiger partial charge in [0.15, 0.2) is 0 Å². The van der Waals surface area contributed by atoms with Gasteiger partial charge in [-0.05, 0) is 49.6 Å². The zero-order chi connectivity index (χ0) is 13.3. The van der Waals surface area contributed by atoms with Gasteiger partial charge in [0.2, 0.25) is 0 Å². The summed E-state index contributed by atoms with van der Waals surface area (Å²) in [5.41, 5.74) is 2.56. The van der Waals surface area contributed by atoms with Gasteiger partial charge in [-0.15, -0.1) is 0 Å². The molecule has 0 aromatic heterocycles. The maximum absolute atomic E-state index is 12.9. The Labute approximate surface area is 107 Å². The molecule has 0 bridgehead atoms. The van der Waals surface area contributed by atoms with Crippen LogP contribution >= 0.6 is 0 Å². The topological polar surface area (TPSA) is 20.2 Å². The van der Waals surface area contributed by atoms with E-state index in [4.69, 9.17) is 0 Å².